The second-order valence-corrected chi connectivity index (χ2v) is 4.49. The van der Waals surface area contributed by atoms with Crippen LogP contribution in [0.2, 0.25) is 5.02 Å². The third kappa shape index (κ3) is 2.88. The second-order valence-electron chi connectivity index (χ2n) is 4.09. The Morgan fingerprint density at radius 1 is 1.16 bits per heavy atom. The van der Waals surface area contributed by atoms with Gasteiger partial charge in [0.2, 0.25) is 0 Å². The predicted molar refractivity (Wildman–Crippen MR) is 77.1 cm³/mol. The molecule has 0 atom stereocenters. The Labute approximate surface area is 117 Å². The van der Waals surface area contributed by atoms with Crippen molar-refractivity contribution in [3.63, 3.8) is 0 Å². The highest BCUT2D eigenvalue weighted by Crippen LogP contribution is 2.27. The van der Waals surface area contributed by atoms with E-state index in [1.54, 1.807) is 24.3 Å². The van der Waals surface area contributed by atoms with Crippen LogP contribution < -0.4 is 10.1 Å². The molecule has 0 spiro atoms. The third-order valence-corrected chi connectivity index (χ3v) is 3.13. The maximum absolute atomic E-state index is 12.2. The van der Waals surface area contributed by atoms with Gasteiger partial charge in [-0.05, 0) is 30.7 Å². The summed E-state index contributed by atoms with van der Waals surface area (Å²) in [7, 11) is 1.53. The number of benzene rings is 2. The molecule has 2 aromatic rings. The molecule has 0 aromatic heterocycles. The van der Waals surface area contributed by atoms with Crippen LogP contribution in [0.25, 0.3) is 0 Å². The van der Waals surface area contributed by atoms with Crippen molar-refractivity contribution in [3.8, 4) is 5.75 Å². The van der Waals surface area contributed by atoms with Crippen LogP contribution in [-0.4, -0.2) is 13.0 Å². The minimum atomic E-state index is -0.242. The third-order valence-electron chi connectivity index (χ3n) is 2.81. The highest BCUT2D eigenvalue weighted by Gasteiger charge is 2.14. The molecule has 0 saturated heterocycles. The fraction of sp³-hybridized carbons (Fsp3) is 0.133. The lowest BCUT2D eigenvalue weighted by atomic mass is 10.1. The van der Waals surface area contributed by atoms with Gasteiger partial charge >= 0.3 is 0 Å². The monoisotopic (exact) mass is 275 g/mol. The maximum atomic E-state index is 12.2. The highest BCUT2D eigenvalue weighted by atomic mass is 35.5. The summed E-state index contributed by atoms with van der Waals surface area (Å²) in [6, 6.07) is 12.5. The first-order valence-electron chi connectivity index (χ1n) is 5.83. The number of para-hydroxylation sites is 2. The average molecular weight is 276 g/mol. The van der Waals surface area contributed by atoms with Crippen molar-refractivity contribution in [3.05, 3.63) is 58.6 Å². The SMILES string of the molecule is COc1ccccc1C(=O)Nc1c(C)cccc1Cl. The largest absolute Gasteiger partial charge is 0.496 e. The molecule has 0 saturated carbocycles. The summed E-state index contributed by atoms with van der Waals surface area (Å²) >= 11 is 6.09. The molecular weight excluding hydrogens is 262 g/mol. The van der Waals surface area contributed by atoms with Crippen molar-refractivity contribution in [1.82, 2.24) is 0 Å². The van der Waals surface area contributed by atoms with Crippen LogP contribution in [0, 0.1) is 6.92 Å². The van der Waals surface area contributed by atoms with Gasteiger partial charge in [-0.1, -0.05) is 35.9 Å². The van der Waals surface area contributed by atoms with Gasteiger partial charge < -0.3 is 10.1 Å². The number of rotatable bonds is 3. The van der Waals surface area contributed by atoms with Gasteiger partial charge in [0.1, 0.15) is 5.75 Å². The van der Waals surface area contributed by atoms with E-state index >= 15 is 0 Å². The van der Waals surface area contributed by atoms with Crippen molar-refractivity contribution in [2.75, 3.05) is 12.4 Å². The molecule has 1 amide bonds. The zero-order chi connectivity index (χ0) is 13.8. The smallest absolute Gasteiger partial charge is 0.259 e. The summed E-state index contributed by atoms with van der Waals surface area (Å²) in [5, 5.41) is 3.34. The lowest BCUT2D eigenvalue weighted by Gasteiger charge is -2.12. The number of hydrogen-bond donors (Lipinski definition) is 1. The van der Waals surface area contributed by atoms with Crippen LogP contribution in [0.15, 0.2) is 42.5 Å². The standard InChI is InChI=1S/C15H14ClNO2/c1-10-6-5-8-12(16)14(10)17-15(18)11-7-3-4-9-13(11)19-2/h3-9H,1-2H3,(H,17,18). The van der Waals surface area contributed by atoms with Crippen molar-refractivity contribution < 1.29 is 9.53 Å². The van der Waals surface area contributed by atoms with Crippen LogP contribution in [0.3, 0.4) is 0 Å². The summed E-state index contributed by atoms with van der Waals surface area (Å²) in [6.07, 6.45) is 0. The molecule has 2 aromatic carbocycles. The van der Waals surface area contributed by atoms with Gasteiger partial charge in [0.25, 0.3) is 5.91 Å². The summed E-state index contributed by atoms with van der Waals surface area (Å²) in [5.74, 6) is 0.290. The summed E-state index contributed by atoms with van der Waals surface area (Å²) < 4.78 is 5.17. The number of anilines is 1. The van der Waals surface area contributed by atoms with Crippen LogP contribution in [0.5, 0.6) is 5.75 Å². The molecule has 2 rings (SSSR count). The van der Waals surface area contributed by atoms with E-state index in [0.717, 1.165) is 5.56 Å². The van der Waals surface area contributed by atoms with Gasteiger partial charge in [-0.25, -0.2) is 0 Å². The lowest BCUT2D eigenvalue weighted by Crippen LogP contribution is -2.14. The number of nitrogens with one attached hydrogen (secondary N) is 1. The number of carbonyl (C=O) groups is 1. The molecule has 0 heterocycles. The number of hydrogen-bond acceptors (Lipinski definition) is 2. The molecular formula is C15H14ClNO2. The van der Waals surface area contributed by atoms with E-state index in [1.807, 2.05) is 25.1 Å². The molecule has 0 fully saturated rings. The van der Waals surface area contributed by atoms with Crippen LogP contribution in [0.4, 0.5) is 5.69 Å². The van der Waals surface area contributed by atoms with E-state index in [-0.39, 0.29) is 5.91 Å². The zero-order valence-electron chi connectivity index (χ0n) is 10.7. The molecule has 0 unspecified atom stereocenters. The minimum absolute atomic E-state index is 0.242. The van der Waals surface area contributed by atoms with Crippen molar-refractivity contribution in [1.29, 1.82) is 0 Å². The second kappa shape index (κ2) is 5.76. The molecule has 19 heavy (non-hydrogen) atoms. The molecule has 3 nitrogen and oxygen atoms in total. The molecule has 4 heteroatoms. The Morgan fingerprint density at radius 3 is 2.58 bits per heavy atom. The molecule has 98 valence electrons. The molecule has 1 N–H and O–H groups in total. The lowest BCUT2D eigenvalue weighted by molar-refractivity contribution is 0.102. The van der Waals surface area contributed by atoms with Crippen LogP contribution in [0.1, 0.15) is 15.9 Å². The van der Waals surface area contributed by atoms with E-state index in [4.69, 9.17) is 16.3 Å². The highest BCUT2D eigenvalue weighted by molar-refractivity contribution is 6.34. The maximum Gasteiger partial charge on any atom is 0.259 e. The quantitative estimate of drug-likeness (QED) is 0.922. The number of ether oxygens (including phenoxy) is 1. The van der Waals surface area contributed by atoms with Crippen LogP contribution in [-0.2, 0) is 0 Å². The van der Waals surface area contributed by atoms with Crippen LogP contribution >= 0.6 is 11.6 Å². The molecule has 0 bridgehead atoms. The number of methoxy groups -OCH3 is 1. The van der Waals surface area contributed by atoms with Gasteiger partial charge in [0, 0.05) is 0 Å². The Hall–Kier alpha value is -2.00. The zero-order valence-corrected chi connectivity index (χ0v) is 11.5. The van der Waals surface area contributed by atoms with Gasteiger partial charge in [-0.2, -0.15) is 0 Å². The van der Waals surface area contributed by atoms with E-state index in [2.05, 4.69) is 5.32 Å². The minimum Gasteiger partial charge on any atom is -0.496 e. The van der Waals surface area contributed by atoms with E-state index in [0.29, 0.717) is 22.0 Å². The van der Waals surface area contributed by atoms with E-state index in [1.165, 1.54) is 7.11 Å². The summed E-state index contributed by atoms with van der Waals surface area (Å²) in [6.45, 7) is 1.89. The Balaban J connectivity index is 2.31. The van der Waals surface area contributed by atoms with Crippen molar-refractivity contribution in [2.45, 2.75) is 6.92 Å². The van der Waals surface area contributed by atoms with Gasteiger partial charge in [0.05, 0.1) is 23.4 Å². The molecule has 0 aliphatic carbocycles. The summed E-state index contributed by atoms with van der Waals surface area (Å²) in [4.78, 5) is 12.2. The first-order chi connectivity index (χ1) is 9.13. The predicted octanol–water partition coefficient (Wildman–Crippen LogP) is 3.91. The Bertz CT molecular complexity index is 591. The number of carbonyl (C=O) groups excluding carboxylic acids is 1. The fourth-order valence-electron chi connectivity index (χ4n) is 1.80. The molecule has 0 aliphatic rings. The Kier molecular flexibility index (Phi) is 4.07. The first-order valence-corrected chi connectivity index (χ1v) is 6.20. The molecule has 0 aliphatic heterocycles. The van der Waals surface area contributed by atoms with Gasteiger partial charge in [0.15, 0.2) is 0 Å². The fourth-order valence-corrected chi connectivity index (χ4v) is 2.07. The first kappa shape index (κ1) is 13.4. The topological polar surface area (TPSA) is 38.3 Å². The average Bonchev–Trinajstić information content (AvgIpc) is 2.42. The van der Waals surface area contributed by atoms with E-state index < -0.39 is 0 Å². The summed E-state index contributed by atoms with van der Waals surface area (Å²) in [5.41, 5.74) is 2.01. The van der Waals surface area contributed by atoms with Gasteiger partial charge in [-0.3, -0.25) is 4.79 Å². The van der Waals surface area contributed by atoms with Gasteiger partial charge in [-0.15, -0.1) is 0 Å². The normalized spacial score (nSPS) is 10.1. The van der Waals surface area contributed by atoms with E-state index in [9.17, 15) is 4.79 Å². The molecule has 0 radical (unpaired) electrons. The van der Waals surface area contributed by atoms with Crippen molar-refractivity contribution >= 4 is 23.2 Å². The van der Waals surface area contributed by atoms with Crippen molar-refractivity contribution in [2.24, 2.45) is 0 Å². The number of halogens is 1. The number of aryl methyl sites for hydroxylation is 1. The Morgan fingerprint density at radius 2 is 1.89 bits per heavy atom. The number of amides is 1.